The monoisotopic (exact) mass is 296 g/mol. The van der Waals surface area contributed by atoms with Crippen LogP contribution in [0.2, 0.25) is 0 Å². The summed E-state index contributed by atoms with van der Waals surface area (Å²) in [6.07, 6.45) is 3.27. The number of rotatable bonds is 6. The number of benzene rings is 2. The highest BCUT2D eigenvalue weighted by Gasteiger charge is 2.14. The summed E-state index contributed by atoms with van der Waals surface area (Å²) in [5.41, 5.74) is 5.71. The second kappa shape index (κ2) is 6.85. The van der Waals surface area contributed by atoms with Gasteiger partial charge in [0.25, 0.3) is 0 Å². The van der Waals surface area contributed by atoms with Crippen molar-refractivity contribution in [1.82, 2.24) is 5.43 Å². The molecule has 0 aliphatic heterocycles. The molecule has 0 aliphatic rings. The van der Waals surface area contributed by atoms with Crippen LogP contribution in [0.5, 0.6) is 0 Å². The largest absolute Gasteiger partial charge is 0.271 e. The lowest BCUT2D eigenvalue weighted by Gasteiger charge is -2.15. The smallest absolute Gasteiger partial charge is 0.0474 e. The molecule has 0 amide bonds. The minimum absolute atomic E-state index is 0.227. The molecule has 2 nitrogen and oxygen atoms in total. The van der Waals surface area contributed by atoms with Gasteiger partial charge in [0, 0.05) is 10.7 Å². The highest BCUT2D eigenvalue weighted by molar-refractivity contribution is 7.17. The van der Waals surface area contributed by atoms with E-state index >= 15 is 0 Å². The van der Waals surface area contributed by atoms with Gasteiger partial charge >= 0.3 is 0 Å². The van der Waals surface area contributed by atoms with Gasteiger partial charge in [0.1, 0.15) is 0 Å². The van der Waals surface area contributed by atoms with Crippen molar-refractivity contribution in [1.29, 1.82) is 0 Å². The third-order valence-corrected chi connectivity index (χ3v) is 4.87. The predicted molar refractivity (Wildman–Crippen MR) is 91.3 cm³/mol. The molecule has 0 radical (unpaired) electrons. The van der Waals surface area contributed by atoms with Crippen molar-refractivity contribution < 1.29 is 0 Å². The molecule has 0 saturated heterocycles. The fourth-order valence-electron chi connectivity index (χ4n) is 2.75. The first kappa shape index (κ1) is 14.3. The standard InChI is InChI=1S/C18H20N2S/c19-20-17(11-6-9-14-7-2-1-3-8-14)16-13-21-18-12-5-4-10-15(16)18/h1-5,7-8,10,12-13,17,20H,6,9,11,19H2. The van der Waals surface area contributed by atoms with E-state index in [-0.39, 0.29) is 6.04 Å². The molecule has 1 atom stereocenters. The summed E-state index contributed by atoms with van der Waals surface area (Å²) >= 11 is 1.79. The summed E-state index contributed by atoms with van der Waals surface area (Å²) in [6, 6.07) is 19.4. The number of hydrogen-bond donors (Lipinski definition) is 2. The van der Waals surface area contributed by atoms with Gasteiger partial charge in [-0.3, -0.25) is 11.3 Å². The summed E-state index contributed by atoms with van der Waals surface area (Å²) in [4.78, 5) is 0. The molecule has 21 heavy (non-hydrogen) atoms. The zero-order chi connectivity index (χ0) is 14.5. The number of nitrogens with one attached hydrogen (secondary N) is 1. The SMILES string of the molecule is NNC(CCCc1ccccc1)c1csc2ccccc12. The lowest BCUT2D eigenvalue weighted by molar-refractivity contribution is 0.502. The van der Waals surface area contributed by atoms with E-state index in [1.807, 2.05) is 0 Å². The van der Waals surface area contributed by atoms with Crippen LogP contribution in [-0.4, -0.2) is 0 Å². The topological polar surface area (TPSA) is 38.0 Å². The normalized spacial score (nSPS) is 12.6. The third kappa shape index (κ3) is 3.32. The van der Waals surface area contributed by atoms with Crippen molar-refractivity contribution in [3.63, 3.8) is 0 Å². The minimum Gasteiger partial charge on any atom is -0.271 e. The molecule has 2 aromatic carbocycles. The van der Waals surface area contributed by atoms with Crippen molar-refractivity contribution in [3.05, 3.63) is 71.1 Å². The summed E-state index contributed by atoms with van der Waals surface area (Å²) < 4.78 is 1.33. The molecule has 1 heterocycles. The van der Waals surface area contributed by atoms with Crippen LogP contribution in [0.3, 0.4) is 0 Å². The molecule has 0 spiro atoms. The predicted octanol–water partition coefficient (Wildman–Crippen LogP) is 4.43. The Morgan fingerprint density at radius 3 is 2.57 bits per heavy atom. The Kier molecular flexibility index (Phi) is 4.65. The van der Waals surface area contributed by atoms with Gasteiger partial charge in [-0.1, -0.05) is 48.5 Å². The zero-order valence-electron chi connectivity index (χ0n) is 12.0. The van der Waals surface area contributed by atoms with Crippen molar-refractivity contribution in [3.8, 4) is 0 Å². The van der Waals surface area contributed by atoms with Gasteiger partial charge in [-0.25, -0.2) is 0 Å². The molecule has 0 bridgehead atoms. The van der Waals surface area contributed by atoms with Gasteiger partial charge in [-0.15, -0.1) is 11.3 Å². The van der Waals surface area contributed by atoms with E-state index in [9.17, 15) is 0 Å². The molecule has 108 valence electrons. The van der Waals surface area contributed by atoms with Crippen molar-refractivity contribution in [2.75, 3.05) is 0 Å². The fraction of sp³-hybridized carbons (Fsp3) is 0.222. The first-order valence-corrected chi connectivity index (χ1v) is 8.22. The van der Waals surface area contributed by atoms with Crippen molar-refractivity contribution in [2.24, 2.45) is 5.84 Å². The van der Waals surface area contributed by atoms with E-state index in [1.165, 1.54) is 21.2 Å². The highest BCUT2D eigenvalue weighted by Crippen LogP contribution is 2.32. The van der Waals surface area contributed by atoms with Crippen LogP contribution in [0.15, 0.2) is 60.0 Å². The summed E-state index contributed by atoms with van der Waals surface area (Å²) in [6.45, 7) is 0. The number of hydrazine groups is 1. The molecule has 3 aromatic rings. The fourth-order valence-corrected chi connectivity index (χ4v) is 3.77. The molecular weight excluding hydrogens is 276 g/mol. The van der Waals surface area contributed by atoms with Crippen LogP contribution < -0.4 is 11.3 Å². The van der Waals surface area contributed by atoms with Crippen molar-refractivity contribution in [2.45, 2.75) is 25.3 Å². The summed E-state index contributed by atoms with van der Waals surface area (Å²) in [5.74, 6) is 5.79. The summed E-state index contributed by atoms with van der Waals surface area (Å²) in [7, 11) is 0. The molecule has 3 N–H and O–H groups in total. The van der Waals surface area contributed by atoms with E-state index in [4.69, 9.17) is 5.84 Å². The number of hydrogen-bond acceptors (Lipinski definition) is 3. The number of nitrogens with two attached hydrogens (primary N) is 1. The van der Waals surface area contributed by atoms with Crippen LogP contribution >= 0.6 is 11.3 Å². The first-order valence-electron chi connectivity index (χ1n) is 7.34. The van der Waals surface area contributed by atoms with E-state index in [0.29, 0.717) is 0 Å². The first-order chi connectivity index (χ1) is 10.4. The average Bonchev–Trinajstić information content (AvgIpc) is 2.97. The Balaban J connectivity index is 1.68. The lowest BCUT2D eigenvalue weighted by Crippen LogP contribution is -2.27. The molecule has 3 heteroatoms. The highest BCUT2D eigenvalue weighted by atomic mass is 32.1. The maximum absolute atomic E-state index is 5.79. The molecule has 0 saturated carbocycles. The average molecular weight is 296 g/mol. The Hall–Kier alpha value is -1.68. The van der Waals surface area contributed by atoms with E-state index in [1.54, 1.807) is 11.3 Å². The molecular formula is C18H20N2S. The van der Waals surface area contributed by atoms with Crippen LogP contribution in [0.25, 0.3) is 10.1 Å². The zero-order valence-corrected chi connectivity index (χ0v) is 12.8. The van der Waals surface area contributed by atoms with E-state index < -0.39 is 0 Å². The van der Waals surface area contributed by atoms with Crippen LogP contribution in [0.4, 0.5) is 0 Å². The van der Waals surface area contributed by atoms with Gasteiger partial charge < -0.3 is 0 Å². The quantitative estimate of drug-likeness (QED) is 0.521. The Labute approximate surface area is 129 Å². The third-order valence-electron chi connectivity index (χ3n) is 3.89. The van der Waals surface area contributed by atoms with Gasteiger partial charge in [0.05, 0.1) is 0 Å². The van der Waals surface area contributed by atoms with Crippen molar-refractivity contribution >= 4 is 21.4 Å². The van der Waals surface area contributed by atoms with E-state index in [2.05, 4.69) is 65.4 Å². The lowest BCUT2D eigenvalue weighted by atomic mass is 9.99. The Morgan fingerprint density at radius 1 is 1.00 bits per heavy atom. The number of aryl methyl sites for hydroxylation is 1. The second-order valence-electron chi connectivity index (χ2n) is 5.28. The number of thiophene rings is 1. The molecule has 3 rings (SSSR count). The van der Waals surface area contributed by atoms with E-state index in [0.717, 1.165) is 19.3 Å². The van der Waals surface area contributed by atoms with Gasteiger partial charge in [0.15, 0.2) is 0 Å². The minimum atomic E-state index is 0.227. The van der Waals surface area contributed by atoms with Crippen LogP contribution in [0.1, 0.15) is 30.0 Å². The molecule has 0 fully saturated rings. The molecule has 0 aliphatic carbocycles. The molecule has 1 aromatic heterocycles. The van der Waals surface area contributed by atoms with Gasteiger partial charge in [-0.05, 0) is 47.2 Å². The van der Waals surface area contributed by atoms with Gasteiger partial charge in [-0.2, -0.15) is 0 Å². The maximum Gasteiger partial charge on any atom is 0.0474 e. The Bertz CT molecular complexity index is 691. The van der Waals surface area contributed by atoms with Crippen LogP contribution in [-0.2, 0) is 6.42 Å². The van der Waals surface area contributed by atoms with Gasteiger partial charge in [0.2, 0.25) is 0 Å². The van der Waals surface area contributed by atoms with Crippen LogP contribution in [0, 0.1) is 0 Å². The second-order valence-corrected chi connectivity index (χ2v) is 6.20. The maximum atomic E-state index is 5.79. The summed E-state index contributed by atoms with van der Waals surface area (Å²) in [5, 5.41) is 3.56. The number of fused-ring (bicyclic) bond motifs is 1. The Morgan fingerprint density at radius 2 is 1.76 bits per heavy atom. The molecule has 1 unspecified atom stereocenters.